The highest BCUT2D eigenvalue weighted by Crippen LogP contribution is 2.41. The van der Waals surface area contributed by atoms with Gasteiger partial charge in [0.15, 0.2) is 11.9 Å². The number of aryl methyl sites for hydroxylation is 1. The molecule has 254 valence electrons. The summed E-state index contributed by atoms with van der Waals surface area (Å²) in [6, 6.07) is 14.9. The summed E-state index contributed by atoms with van der Waals surface area (Å²) >= 11 is 7.00. The van der Waals surface area contributed by atoms with Crippen molar-refractivity contribution >= 4 is 45.9 Å². The highest BCUT2D eigenvalue weighted by molar-refractivity contribution is 6.35. The number of piperazine rings is 1. The van der Waals surface area contributed by atoms with Crippen molar-refractivity contribution in [3.05, 3.63) is 81.8 Å². The summed E-state index contributed by atoms with van der Waals surface area (Å²) in [7, 11) is 0. The highest BCUT2D eigenvalue weighted by atomic mass is 35.5. The van der Waals surface area contributed by atoms with E-state index in [1.54, 1.807) is 11.0 Å². The fraction of sp³-hybridized carbons (Fsp3) is 0.417. The normalized spacial score (nSPS) is 19.4. The number of fused-ring (bicyclic) bond motifs is 2. The minimum absolute atomic E-state index is 0.0557. The second kappa shape index (κ2) is 13.9. The molecule has 0 spiro atoms. The number of benzene rings is 2. The van der Waals surface area contributed by atoms with Gasteiger partial charge in [0, 0.05) is 49.4 Å². The van der Waals surface area contributed by atoms with Crippen LogP contribution in [0.1, 0.15) is 64.8 Å². The Morgan fingerprint density at radius 3 is 2.73 bits per heavy atom. The SMILES string of the molecule is Cc1cc2c(cnn2C2CCCCO2)c(N2CCc3c(N4CCN(C(=O)OCc5ccccc5)C(CC#N)C4)cc(C(=O)O)nc3C2)c1Cl. The van der Waals surface area contributed by atoms with Crippen molar-refractivity contribution in [3.8, 4) is 6.07 Å². The summed E-state index contributed by atoms with van der Waals surface area (Å²) in [6.07, 6.45) is 4.99. The van der Waals surface area contributed by atoms with E-state index >= 15 is 0 Å². The van der Waals surface area contributed by atoms with E-state index in [1.165, 1.54) is 0 Å². The van der Waals surface area contributed by atoms with Crippen LogP contribution in [-0.2, 0) is 29.0 Å². The first-order valence-corrected chi connectivity index (χ1v) is 17.1. The molecule has 49 heavy (non-hydrogen) atoms. The molecule has 4 aromatic rings. The van der Waals surface area contributed by atoms with Crippen LogP contribution < -0.4 is 9.80 Å². The average molecular weight is 684 g/mol. The molecule has 0 aliphatic carbocycles. The second-order valence-electron chi connectivity index (χ2n) is 12.8. The van der Waals surface area contributed by atoms with Crippen LogP contribution in [0.25, 0.3) is 10.9 Å². The van der Waals surface area contributed by atoms with Crippen molar-refractivity contribution < 1.29 is 24.2 Å². The second-order valence-corrected chi connectivity index (χ2v) is 13.2. The van der Waals surface area contributed by atoms with E-state index < -0.39 is 18.1 Å². The van der Waals surface area contributed by atoms with Crippen molar-refractivity contribution in [1.29, 1.82) is 5.26 Å². The summed E-state index contributed by atoms with van der Waals surface area (Å²) in [5.74, 6) is -1.12. The Morgan fingerprint density at radius 1 is 1.14 bits per heavy atom. The third kappa shape index (κ3) is 6.48. The number of pyridine rings is 1. The number of carbonyl (C=O) groups is 2. The number of amides is 1. The van der Waals surface area contributed by atoms with Gasteiger partial charge in [0.05, 0.1) is 53.2 Å². The molecule has 3 aliphatic heterocycles. The molecule has 3 aliphatic rings. The zero-order valence-corrected chi connectivity index (χ0v) is 28.1. The van der Waals surface area contributed by atoms with E-state index in [0.717, 1.165) is 58.2 Å². The van der Waals surface area contributed by atoms with Gasteiger partial charge in [0.25, 0.3) is 0 Å². The fourth-order valence-corrected chi connectivity index (χ4v) is 7.50. The smallest absolute Gasteiger partial charge is 0.410 e. The first-order chi connectivity index (χ1) is 23.8. The molecule has 12 nitrogen and oxygen atoms in total. The summed E-state index contributed by atoms with van der Waals surface area (Å²) in [6.45, 7) is 4.97. The van der Waals surface area contributed by atoms with Gasteiger partial charge in [-0.2, -0.15) is 10.4 Å². The summed E-state index contributed by atoms with van der Waals surface area (Å²) in [5.41, 5.74) is 5.94. The van der Waals surface area contributed by atoms with Gasteiger partial charge in [-0.3, -0.25) is 0 Å². The molecule has 0 radical (unpaired) electrons. The van der Waals surface area contributed by atoms with Crippen LogP contribution in [0.15, 0.2) is 48.7 Å². The standard InChI is InChI=1S/C36H38ClN7O5/c1-23-17-31-27(19-39-44(31)32-9-5-6-16-48-32)34(33(23)37)42-13-11-26-29(21-42)40-28(35(45)46)18-30(26)41-14-15-43(25(20-41)10-12-38)36(47)49-22-24-7-3-2-4-8-24/h2-4,7-8,17-19,25,32H,5-6,9-11,13-16,20-22H2,1H3,(H,45,46). The van der Waals surface area contributed by atoms with Crippen molar-refractivity contribution in [1.82, 2.24) is 19.7 Å². The third-order valence-electron chi connectivity index (χ3n) is 9.71. The van der Waals surface area contributed by atoms with Crippen LogP contribution >= 0.6 is 11.6 Å². The van der Waals surface area contributed by atoms with Crippen molar-refractivity contribution in [2.75, 3.05) is 42.6 Å². The Balaban J connectivity index is 1.16. The lowest BCUT2D eigenvalue weighted by atomic mass is 9.98. The molecule has 1 amide bonds. The first-order valence-electron chi connectivity index (χ1n) is 16.7. The molecule has 2 fully saturated rings. The molecule has 2 aromatic carbocycles. The molecular weight excluding hydrogens is 646 g/mol. The number of hydrogen-bond donors (Lipinski definition) is 1. The number of carbonyl (C=O) groups excluding carboxylic acids is 1. The minimum atomic E-state index is -1.12. The van der Waals surface area contributed by atoms with Crippen molar-refractivity contribution in [2.24, 2.45) is 0 Å². The van der Waals surface area contributed by atoms with Crippen LogP contribution in [-0.4, -0.2) is 75.7 Å². The van der Waals surface area contributed by atoms with Gasteiger partial charge in [-0.25, -0.2) is 19.3 Å². The van der Waals surface area contributed by atoms with E-state index in [9.17, 15) is 20.0 Å². The van der Waals surface area contributed by atoms with Gasteiger partial charge in [-0.1, -0.05) is 41.9 Å². The lowest BCUT2D eigenvalue weighted by molar-refractivity contribution is -0.0366. The predicted molar refractivity (Wildman–Crippen MR) is 184 cm³/mol. The molecule has 2 saturated heterocycles. The molecule has 2 aromatic heterocycles. The number of halogens is 1. The Hall–Kier alpha value is -4.86. The molecule has 0 bridgehead atoms. The maximum absolute atomic E-state index is 13.1. The summed E-state index contributed by atoms with van der Waals surface area (Å²) < 4.78 is 13.6. The van der Waals surface area contributed by atoms with Gasteiger partial charge < -0.3 is 29.3 Å². The van der Waals surface area contributed by atoms with Crippen LogP contribution in [0.4, 0.5) is 16.2 Å². The Labute approximate surface area is 289 Å². The number of ether oxygens (including phenoxy) is 2. The number of carboxylic acids is 1. The molecule has 7 rings (SSSR count). The van der Waals surface area contributed by atoms with E-state index in [0.29, 0.717) is 56.5 Å². The van der Waals surface area contributed by atoms with E-state index in [-0.39, 0.29) is 24.9 Å². The van der Waals surface area contributed by atoms with Gasteiger partial charge >= 0.3 is 12.1 Å². The fourth-order valence-electron chi connectivity index (χ4n) is 7.23. The first kappa shape index (κ1) is 32.7. The Bertz CT molecular complexity index is 1920. The molecule has 5 heterocycles. The zero-order chi connectivity index (χ0) is 34.1. The number of hydrogen-bond acceptors (Lipinski definition) is 9. The van der Waals surface area contributed by atoms with Crippen LogP contribution in [0.5, 0.6) is 0 Å². The Kier molecular flexibility index (Phi) is 9.29. The number of anilines is 2. The quantitative estimate of drug-likeness (QED) is 0.243. The largest absolute Gasteiger partial charge is 0.477 e. The lowest BCUT2D eigenvalue weighted by Crippen LogP contribution is -2.55. The maximum Gasteiger partial charge on any atom is 0.410 e. The van der Waals surface area contributed by atoms with Crippen LogP contribution in [0.2, 0.25) is 5.02 Å². The average Bonchev–Trinajstić information content (AvgIpc) is 3.54. The molecule has 2 atom stereocenters. The number of nitrogens with zero attached hydrogens (tertiary/aromatic N) is 7. The van der Waals surface area contributed by atoms with Gasteiger partial charge in [0.1, 0.15) is 6.61 Å². The topological polar surface area (TPSA) is 137 Å². The number of nitriles is 1. The van der Waals surface area contributed by atoms with E-state index in [4.69, 9.17) is 26.2 Å². The van der Waals surface area contributed by atoms with Gasteiger partial charge in [-0.05, 0) is 55.9 Å². The summed E-state index contributed by atoms with van der Waals surface area (Å²) in [4.78, 5) is 36.0. The van der Waals surface area contributed by atoms with Crippen LogP contribution in [0.3, 0.4) is 0 Å². The third-order valence-corrected chi connectivity index (χ3v) is 10.2. The molecule has 1 N–H and O–H groups in total. The highest BCUT2D eigenvalue weighted by Gasteiger charge is 2.35. The minimum Gasteiger partial charge on any atom is -0.477 e. The lowest BCUT2D eigenvalue weighted by Gasteiger charge is -2.42. The van der Waals surface area contributed by atoms with Gasteiger partial charge in [0.2, 0.25) is 0 Å². The molecule has 13 heteroatoms. The van der Waals surface area contributed by atoms with E-state index in [2.05, 4.69) is 26.9 Å². The maximum atomic E-state index is 13.1. The molecule has 0 saturated carbocycles. The van der Waals surface area contributed by atoms with E-state index in [1.807, 2.05) is 48.1 Å². The van der Waals surface area contributed by atoms with Gasteiger partial charge in [-0.15, -0.1) is 0 Å². The van der Waals surface area contributed by atoms with Crippen LogP contribution in [0, 0.1) is 18.3 Å². The number of aromatic carboxylic acids is 1. The number of aromatic nitrogens is 3. The zero-order valence-electron chi connectivity index (χ0n) is 27.3. The Morgan fingerprint density at radius 2 is 1.98 bits per heavy atom. The number of rotatable bonds is 7. The summed E-state index contributed by atoms with van der Waals surface area (Å²) in [5, 5.41) is 26.0. The van der Waals surface area contributed by atoms with Crippen molar-refractivity contribution in [2.45, 2.75) is 64.4 Å². The molecule has 2 unspecified atom stereocenters. The molecular formula is C36H38ClN7O5. The monoisotopic (exact) mass is 683 g/mol. The number of carboxylic acid groups (broad SMARTS) is 1. The van der Waals surface area contributed by atoms with Crippen molar-refractivity contribution in [3.63, 3.8) is 0 Å². The predicted octanol–water partition coefficient (Wildman–Crippen LogP) is 6.09.